The predicted octanol–water partition coefficient (Wildman–Crippen LogP) is 2.67. The molecule has 1 atom stereocenters. The summed E-state index contributed by atoms with van der Waals surface area (Å²) in [4.78, 5) is 16.8. The summed E-state index contributed by atoms with van der Waals surface area (Å²) in [5.74, 6) is 0.705. The maximum absolute atomic E-state index is 12.5. The lowest BCUT2D eigenvalue weighted by atomic mass is 9.96. The lowest BCUT2D eigenvalue weighted by Crippen LogP contribution is -2.33. The molecule has 0 aliphatic carbocycles. The second kappa shape index (κ2) is 7.27. The zero-order valence-electron chi connectivity index (χ0n) is 13.8. The standard InChI is InChI=1S/C17H24N4OS/c1-12-10-15(13(2)21(12)17-20-8-9-23-17)16(22)19-7-5-14-4-3-6-18-11-14/h8-10,14,18H,3-7,11H2,1-2H3,(H,19,22). The van der Waals surface area contributed by atoms with Gasteiger partial charge in [0.1, 0.15) is 0 Å². The molecule has 0 spiro atoms. The smallest absolute Gasteiger partial charge is 0.253 e. The first kappa shape index (κ1) is 16.2. The van der Waals surface area contributed by atoms with Crippen molar-refractivity contribution in [1.29, 1.82) is 0 Å². The number of aryl methyl sites for hydroxylation is 1. The predicted molar refractivity (Wildman–Crippen MR) is 93.5 cm³/mol. The molecule has 2 aromatic heterocycles. The second-order valence-corrected chi connectivity index (χ2v) is 7.06. The zero-order valence-corrected chi connectivity index (χ0v) is 14.6. The minimum absolute atomic E-state index is 0.0182. The molecule has 5 nitrogen and oxygen atoms in total. The largest absolute Gasteiger partial charge is 0.352 e. The van der Waals surface area contributed by atoms with Gasteiger partial charge in [0.2, 0.25) is 0 Å². The van der Waals surface area contributed by atoms with Gasteiger partial charge in [-0.1, -0.05) is 0 Å². The Kier molecular flexibility index (Phi) is 5.13. The fraction of sp³-hybridized carbons (Fsp3) is 0.529. The van der Waals surface area contributed by atoms with Crippen LogP contribution in [0.25, 0.3) is 5.13 Å². The van der Waals surface area contributed by atoms with Gasteiger partial charge in [-0.25, -0.2) is 4.98 Å². The highest BCUT2D eigenvalue weighted by Crippen LogP contribution is 2.22. The lowest BCUT2D eigenvalue weighted by molar-refractivity contribution is 0.0950. The van der Waals surface area contributed by atoms with E-state index >= 15 is 0 Å². The highest BCUT2D eigenvalue weighted by molar-refractivity contribution is 7.12. The van der Waals surface area contributed by atoms with Gasteiger partial charge in [-0.3, -0.25) is 9.36 Å². The van der Waals surface area contributed by atoms with E-state index in [4.69, 9.17) is 0 Å². The fourth-order valence-electron chi connectivity index (χ4n) is 3.27. The van der Waals surface area contributed by atoms with E-state index in [1.807, 2.05) is 29.9 Å². The number of piperidine rings is 1. The summed E-state index contributed by atoms with van der Waals surface area (Å²) in [5.41, 5.74) is 2.74. The third kappa shape index (κ3) is 3.64. The molecule has 0 saturated carbocycles. The average molecular weight is 332 g/mol. The van der Waals surface area contributed by atoms with Crippen LogP contribution in [0.5, 0.6) is 0 Å². The van der Waals surface area contributed by atoms with Crippen LogP contribution in [0.2, 0.25) is 0 Å². The molecule has 3 rings (SSSR count). The van der Waals surface area contributed by atoms with E-state index in [9.17, 15) is 4.79 Å². The summed E-state index contributed by atoms with van der Waals surface area (Å²) in [6.07, 6.45) is 5.34. The Morgan fingerprint density at radius 2 is 2.39 bits per heavy atom. The van der Waals surface area contributed by atoms with Crippen molar-refractivity contribution in [3.05, 3.63) is 34.6 Å². The number of aromatic nitrogens is 2. The Balaban J connectivity index is 1.62. The highest BCUT2D eigenvalue weighted by atomic mass is 32.1. The highest BCUT2D eigenvalue weighted by Gasteiger charge is 2.18. The van der Waals surface area contributed by atoms with Gasteiger partial charge < -0.3 is 10.6 Å². The van der Waals surface area contributed by atoms with Crippen LogP contribution in [0.3, 0.4) is 0 Å². The van der Waals surface area contributed by atoms with Crippen molar-refractivity contribution in [3.63, 3.8) is 0 Å². The molecule has 0 aromatic carbocycles. The van der Waals surface area contributed by atoms with Crippen molar-refractivity contribution >= 4 is 17.2 Å². The third-order valence-electron chi connectivity index (χ3n) is 4.52. The minimum Gasteiger partial charge on any atom is -0.352 e. The maximum atomic E-state index is 12.5. The van der Waals surface area contributed by atoms with Crippen LogP contribution in [0.4, 0.5) is 0 Å². The number of amides is 1. The molecular formula is C17H24N4OS. The molecule has 1 saturated heterocycles. The number of carbonyl (C=O) groups is 1. The molecule has 0 bridgehead atoms. The van der Waals surface area contributed by atoms with Gasteiger partial charge in [-0.05, 0) is 58.2 Å². The quantitative estimate of drug-likeness (QED) is 0.885. The fourth-order valence-corrected chi connectivity index (χ4v) is 4.02. The molecule has 23 heavy (non-hydrogen) atoms. The van der Waals surface area contributed by atoms with Gasteiger partial charge in [-0.15, -0.1) is 11.3 Å². The van der Waals surface area contributed by atoms with E-state index in [0.717, 1.165) is 48.1 Å². The van der Waals surface area contributed by atoms with Gasteiger partial charge in [0.15, 0.2) is 5.13 Å². The molecule has 0 radical (unpaired) electrons. The lowest BCUT2D eigenvalue weighted by Gasteiger charge is -2.22. The van der Waals surface area contributed by atoms with Crippen LogP contribution < -0.4 is 10.6 Å². The van der Waals surface area contributed by atoms with Gasteiger partial charge in [0.05, 0.1) is 5.56 Å². The van der Waals surface area contributed by atoms with E-state index in [1.54, 1.807) is 17.5 Å². The first-order chi connectivity index (χ1) is 11.2. The molecule has 1 unspecified atom stereocenters. The van der Waals surface area contributed by atoms with Crippen molar-refractivity contribution in [2.75, 3.05) is 19.6 Å². The molecule has 2 aromatic rings. The summed E-state index contributed by atoms with van der Waals surface area (Å²) < 4.78 is 2.05. The molecular weight excluding hydrogens is 308 g/mol. The Morgan fingerprint density at radius 1 is 1.52 bits per heavy atom. The first-order valence-corrected chi connectivity index (χ1v) is 9.12. The Hall–Kier alpha value is -1.66. The number of nitrogens with zero attached hydrogens (tertiary/aromatic N) is 2. The molecule has 6 heteroatoms. The van der Waals surface area contributed by atoms with E-state index in [0.29, 0.717) is 5.92 Å². The van der Waals surface area contributed by atoms with Crippen LogP contribution in [0.1, 0.15) is 41.0 Å². The SMILES string of the molecule is Cc1cc(C(=O)NCCC2CCCNC2)c(C)n1-c1nccs1. The summed E-state index contributed by atoms with van der Waals surface area (Å²) in [5, 5.41) is 9.35. The van der Waals surface area contributed by atoms with Crippen molar-refractivity contribution < 1.29 is 4.79 Å². The molecule has 1 aliphatic rings. The summed E-state index contributed by atoms with van der Waals surface area (Å²) in [6.45, 7) is 6.94. The van der Waals surface area contributed by atoms with Crippen molar-refractivity contribution in [3.8, 4) is 5.13 Å². The van der Waals surface area contributed by atoms with Crippen LogP contribution in [-0.2, 0) is 0 Å². The maximum Gasteiger partial charge on any atom is 0.253 e. The number of hydrogen-bond donors (Lipinski definition) is 2. The Morgan fingerprint density at radius 3 is 3.09 bits per heavy atom. The summed E-state index contributed by atoms with van der Waals surface area (Å²) in [6, 6.07) is 1.95. The van der Waals surface area contributed by atoms with Crippen LogP contribution in [0, 0.1) is 19.8 Å². The molecule has 124 valence electrons. The van der Waals surface area contributed by atoms with Crippen molar-refractivity contribution in [1.82, 2.24) is 20.2 Å². The molecule has 1 amide bonds. The molecule has 3 heterocycles. The van der Waals surface area contributed by atoms with Crippen molar-refractivity contribution in [2.24, 2.45) is 5.92 Å². The summed E-state index contributed by atoms with van der Waals surface area (Å²) in [7, 11) is 0. The number of nitrogens with one attached hydrogen (secondary N) is 2. The molecule has 1 fully saturated rings. The third-order valence-corrected chi connectivity index (χ3v) is 5.28. The molecule has 1 aliphatic heterocycles. The number of rotatable bonds is 5. The zero-order chi connectivity index (χ0) is 16.2. The van der Waals surface area contributed by atoms with E-state index < -0.39 is 0 Å². The molecule has 2 N–H and O–H groups in total. The second-order valence-electron chi connectivity index (χ2n) is 6.19. The van der Waals surface area contributed by atoms with Crippen LogP contribution >= 0.6 is 11.3 Å². The summed E-state index contributed by atoms with van der Waals surface area (Å²) >= 11 is 1.58. The van der Waals surface area contributed by atoms with Gasteiger partial charge in [0.25, 0.3) is 5.91 Å². The number of thiazole rings is 1. The van der Waals surface area contributed by atoms with Gasteiger partial charge in [0, 0.05) is 29.5 Å². The van der Waals surface area contributed by atoms with E-state index in [2.05, 4.69) is 15.6 Å². The number of hydrogen-bond acceptors (Lipinski definition) is 4. The van der Waals surface area contributed by atoms with E-state index in [-0.39, 0.29) is 5.91 Å². The average Bonchev–Trinajstić information content (AvgIpc) is 3.16. The first-order valence-electron chi connectivity index (χ1n) is 8.24. The van der Waals surface area contributed by atoms with Gasteiger partial charge >= 0.3 is 0 Å². The van der Waals surface area contributed by atoms with Gasteiger partial charge in [-0.2, -0.15) is 0 Å². The Labute approximate surface area is 141 Å². The van der Waals surface area contributed by atoms with E-state index in [1.165, 1.54) is 12.8 Å². The monoisotopic (exact) mass is 332 g/mol. The number of carbonyl (C=O) groups excluding carboxylic acids is 1. The normalized spacial score (nSPS) is 18.1. The Bertz CT molecular complexity index is 656. The minimum atomic E-state index is 0.0182. The van der Waals surface area contributed by atoms with Crippen molar-refractivity contribution in [2.45, 2.75) is 33.1 Å². The van der Waals surface area contributed by atoms with Crippen LogP contribution in [-0.4, -0.2) is 35.1 Å². The van der Waals surface area contributed by atoms with Crippen LogP contribution in [0.15, 0.2) is 17.6 Å². The topological polar surface area (TPSA) is 59.0 Å².